The molecule has 0 saturated carbocycles. The minimum absolute atomic E-state index is 0.451. The van der Waals surface area contributed by atoms with Gasteiger partial charge in [-0.05, 0) is 36.1 Å². The van der Waals surface area contributed by atoms with Gasteiger partial charge in [-0.2, -0.15) is 5.10 Å². The Labute approximate surface area is 183 Å². The number of benzene rings is 2. The van der Waals surface area contributed by atoms with E-state index in [0.717, 1.165) is 26.8 Å². The molecule has 2 aromatic carbocycles. The maximum Gasteiger partial charge on any atom is 0.203 e. The maximum absolute atomic E-state index is 6.10. The van der Waals surface area contributed by atoms with Gasteiger partial charge in [0.25, 0.3) is 0 Å². The average Bonchev–Trinajstić information content (AvgIpc) is 3.44. The van der Waals surface area contributed by atoms with Gasteiger partial charge in [0.05, 0.1) is 23.9 Å². The minimum Gasteiger partial charge on any atom is -0.493 e. The number of hydrogen-bond donors (Lipinski definition) is 1. The number of aromatic nitrogens is 1. The average molecular weight is 436 g/mol. The molecule has 152 valence electrons. The first-order chi connectivity index (χ1) is 14.7. The van der Waals surface area contributed by atoms with Crippen LogP contribution < -0.4 is 14.9 Å². The van der Waals surface area contributed by atoms with Crippen LogP contribution in [-0.2, 0) is 6.61 Å². The predicted molar refractivity (Wildman–Crippen MR) is 125 cm³/mol. The van der Waals surface area contributed by atoms with Gasteiger partial charge in [0.15, 0.2) is 11.5 Å². The fourth-order valence-electron chi connectivity index (χ4n) is 2.93. The van der Waals surface area contributed by atoms with E-state index < -0.39 is 0 Å². The summed E-state index contributed by atoms with van der Waals surface area (Å²) in [6.45, 7) is 2.52. The maximum atomic E-state index is 6.10. The molecule has 2 aromatic heterocycles. The number of thiophene rings is 1. The number of aryl methyl sites for hydroxylation is 1. The number of rotatable bonds is 8. The van der Waals surface area contributed by atoms with Crippen LogP contribution in [0.5, 0.6) is 11.5 Å². The Kier molecular flexibility index (Phi) is 6.41. The summed E-state index contributed by atoms with van der Waals surface area (Å²) in [5.74, 6) is 1.33. The van der Waals surface area contributed by atoms with E-state index in [1.54, 1.807) is 24.7 Å². The molecule has 0 aliphatic carbocycles. The summed E-state index contributed by atoms with van der Waals surface area (Å²) in [5.41, 5.74) is 7.09. The zero-order chi connectivity index (χ0) is 20.8. The highest BCUT2D eigenvalue weighted by Gasteiger charge is 2.10. The van der Waals surface area contributed by atoms with Gasteiger partial charge in [-0.25, -0.2) is 4.98 Å². The zero-order valence-corrected chi connectivity index (χ0v) is 18.3. The number of ether oxygens (including phenoxy) is 2. The first-order valence-corrected chi connectivity index (χ1v) is 11.1. The van der Waals surface area contributed by atoms with Gasteiger partial charge in [-0.1, -0.05) is 42.0 Å². The van der Waals surface area contributed by atoms with Crippen LogP contribution in [-0.4, -0.2) is 18.3 Å². The smallest absolute Gasteiger partial charge is 0.203 e. The van der Waals surface area contributed by atoms with E-state index in [0.29, 0.717) is 18.1 Å². The van der Waals surface area contributed by atoms with Crippen LogP contribution >= 0.6 is 22.7 Å². The molecule has 0 atom stereocenters. The van der Waals surface area contributed by atoms with Crippen LogP contribution in [0.2, 0.25) is 0 Å². The van der Waals surface area contributed by atoms with E-state index in [1.165, 1.54) is 16.9 Å². The second-order valence-corrected chi connectivity index (χ2v) is 8.35. The Balaban J connectivity index is 1.48. The minimum atomic E-state index is 0.451. The van der Waals surface area contributed by atoms with E-state index in [2.05, 4.69) is 40.6 Å². The summed E-state index contributed by atoms with van der Waals surface area (Å²) in [6.07, 6.45) is 1.72. The van der Waals surface area contributed by atoms with Crippen molar-refractivity contribution < 1.29 is 9.47 Å². The van der Waals surface area contributed by atoms with Crippen molar-refractivity contribution in [3.63, 3.8) is 0 Å². The number of nitrogens with zero attached hydrogens (tertiary/aromatic N) is 2. The number of anilines is 1. The van der Waals surface area contributed by atoms with Gasteiger partial charge >= 0.3 is 0 Å². The van der Waals surface area contributed by atoms with Crippen molar-refractivity contribution >= 4 is 34.0 Å². The van der Waals surface area contributed by atoms with Crippen molar-refractivity contribution in [2.75, 3.05) is 12.5 Å². The van der Waals surface area contributed by atoms with Crippen LogP contribution in [0.3, 0.4) is 0 Å². The van der Waals surface area contributed by atoms with E-state index in [1.807, 2.05) is 47.2 Å². The third-order valence-electron chi connectivity index (χ3n) is 4.34. The SMILES string of the molecule is COc1cccc(/C=N\Nc2nc(-c3cccs3)cs2)c1OCc1cccc(C)c1. The molecule has 0 aliphatic heterocycles. The number of thiazole rings is 1. The third-order valence-corrected chi connectivity index (χ3v) is 5.98. The van der Waals surface area contributed by atoms with Crippen molar-refractivity contribution in [2.24, 2.45) is 5.10 Å². The molecule has 0 radical (unpaired) electrons. The monoisotopic (exact) mass is 435 g/mol. The van der Waals surface area contributed by atoms with E-state index in [-0.39, 0.29) is 0 Å². The van der Waals surface area contributed by atoms with Crippen molar-refractivity contribution in [1.82, 2.24) is 4.98 Å². The van der Waals surface area contributed by atoms with Crippen LogP contribution in [0.4, 0.5) is 5.13 Å². The Morgan fingerprint density at radius 3 is 2.80 bits per heavy atom. The van der Waals surface area contributed by atoms with Gasteiger partial charge in [0, 0.05) is 10.9 Å². The van der Waals surface area contributed by atoms with E-state index in [9.17, 15) is 0 Å². The lowest BCUT2D eigenvalue weighted by Gasteiger charge is -2.13. The van der Waals surface area contributed by atoms with Crippen LogP contribution in [0.1, 0.15) is 16.7 Å². The third kappa shape index (κ3) is 4.87. The summed E-state index contributed by atoms with van der Waals surface area (Å²) in [4.78, 5) is 5.71. The van der Waals surface area contributed by atoms with Gasteiger partial charge in [-0.15, -0.1) is 22.7 Å². The topological polar surface area (TPSA) is 55.7 Å². The second kappa shape index (κ2) is 9.56. The molecule has 30 heavy (non-hydrogen) atoms. The summed E-state index contributed by atoms with van der Waals surface area (Å²) in [6, 6.07) is 18.1. The molecular weight excluding hydrogens is 414 g/mol. The van der Waals surface area contributed by atoms with Crippen LogP contribution in [0.25, 0.3) is 10.6 Å². The Morgan fingerprint density at radius 1 is 1.10 bits per heavy atom. The molecule has 7 heteroatoms. The quantitative estimate of drug-likeness (QED) is 0.264. The summed E-state index contributed by atoms with van der Waals surface area (Å²) in [5, 5.41) is 9.15. The highest BCUT2D eigenvalue weighted by molar-refractivity contribution is 7.15. The fourth-order valence-corrected chi connectivity index (χ4v) is 4.35. The highest BCUT2D eigenvalue weighted by Crippen LogP contribution is 2.31. The van der Waals surface area contributed by atoms with Gasteiger partial charge in [0.1, 0.15) is 6.61 Å². The first-order valence-electron chi connectivity index (χ1n) is 9.37. The molecule has 0 spiro atoms. The van der Waals surface area contributed by atoms with Gasteiger partial charge < -0.3 is 9.47 Å². The molecule has 1 N–H and O–H groups in total. The fraction of sp³-hybridized carbons (Fsp3) is 0.130. The van der Waals surface area contributed by atoms with Crippen LogP contribution in [0, 0.1) is 6.92 Å². The van der Waals surface area contributed by atoms with Crippen molar-refractivity contribution in [3.05, 3.63) is 82.0 Å². The molecule has 0 amide bonds. The predicted octanol–water partition coefficient (Wildman–Crippen LogP) is 6.21. The van der Waals surface area contributed by atoms with Crippen LogP contribution in [0.15, 0.2) is 70.5 Å². The van der Waals surface area contributed by atoms with E-state index >= 15 is 0 Å². The van der Waals surface area contributed by atoms with Gasteiger partial charge in [-0.3, -0.25) is 5.43 Å². The molecule has 4 rings (SSSR count). The number of nitrogens with one attached hydrogen (secondary N) is 1. The molecule has 0 saturated heterocycles. The number of hydrogen-bond acceptors (Lipinski definition) is 7. The molecular formula is C23H21N3O2S2. The van der Waals surface area contributed by atoms with E-state index in [4.69, 9.17) is 9.47 Å². The standard InChI is InChI=1S/C23H21N3O2S2/c1-16-6-3-7-17(12-16)14-28-22-18(8-4-9-20(22)27-2)13-24-26-23-25-19(15-30-23)21-10-5-11-29-21/h3-13,15H,14H2,1-2H3,(H,25,26)/b24-13-. The zero-order valence-electron chi connectivity index (χ0n) is 16.7. The molecule has 4 aromatic rings. The Morgan fingerprint density at radius 2 is 2.00 bits per heavy atom. The summed E-state index contributed by atoms with van der Waals surface area (Å²) in [7, 11) is 1.63. The molecule has 0 fully saturated rings. The lowest BCUT2D eigenvalue weighted by atomic mass is 10.1. The highest BCUT2D eigenvalue weighted by atomic mass is 32.1. The number of methoxy groups -OCH3 is 1. The Bertz CT molecular complexity index is 1140. The molecule has 0 aliphatic rings. The van der Waals surface area contributed by atoms with Crippen molar-refractivity contribution in [2.45, 2.75) is 13.5 Å². The van der Waals surface area contributed by atoms with Crippen molar-refractivity contribution in [3.8, 4) is 22.1 Å². The molecule has 0 bridgehead atoms. The largest absolute Gasteiger partial charge is 0.493 e. The van der Waals surface area contributed by atoms with Crippen molar-refractivity contribution in [1.29, 1.82) is 0 Å². The molecule has 2 heterocycles. The normalized spacial score (nSPS) is 11.0. The second-order valence-electron chi connectivity index (χ2n) is 6.54. The lowest BCUT2D eigenvalue weighted by Crippen LogP contribution is -2.01. The van der Waals surface area contributed by atoms with Gasteiger partial charge in [0.2, 0.25) is 5.13 Å². The molecule has 5 nitrogen and oxygen atoms in total. The first kappa shape index (κ1) is 20.1. The Hall–Kier alpha value is -3.16. The summed E-state index contributed by atoms with van der Waals surface area (Å²) >= 11 is 3.19. The number of para-hydroxylation sites is 1. The lowest BCUT2D eigenvalue weighted by molar-refractivity contribution is 0.284. The number of hydrazone groups is 1. The molecule has 0 unspecified atom stereocenters. The summed E-state index contributed by atoms with van der Waals surface area (Å²) < 4.78 is 11.6.